The molecule has 3 rings (SSSR count). The molecule has 2 N–H and O–H groups in total. The summed E-state index contributed by atoms with van der Waals surface area (Å²) in [6, 6.07) is 10.5. The Hall–Kier alpha value is -2.42. The van der Waals surface area contributed by atoms with Crippen molar-refractivity contribution in [2.45, 2.75) is 38.9 Å². The van der Waals surface area contributed by atoms with Crippen LogP contribution in [0.5, 0.6) is 0 Å². The summed E-state index contributed by atoms with van der Waals surface area (Å²) in [5, 5.41) is 5.93. The second-order valence-corrected chi connectivity index (χ2v) is 7.74. The molecule has 1 aromatic heterocycles. The van der Waals surface area contributed by atoms with Gasteiger partial charge in [0.05, 0.1) is 6.04 Å². The number of alkyl halides is 3. The van der Waals surface area contributed by atoms with E-state index in [1.807, 2.05) is 42.2 Å². The number of benzene rings is 1. The predicted octanol–water partition coefficient (Wildman–Crippen LogP) is 4.78. The fraction of sp³-hybridized carbons (Fsp3) is 0.450. The molecular formula is C20H24F3N5S. The number of rotatable bonds is 4. The maximum atomic E-state index is 13.4. The number of piperidine rings is 1. The number of hydrogen-bond acceptors (Lipinski definition) is 4. The largest absolute Gasteiger partial charge is 0.433 e. The average Bonchev–Trinajstić information content (AvgIpc) is 2.68. The number of nitrogens with zero attached hydrogens (tertiary/aromatic N) is 3. The van der Waals surface area contributed by atoms with Crippen molar-refractivity contribution in [1.82, 2.24) is 15.3 Å². The fourth-order valence-electron chi connectivity index (χ4n) is 3.19. The van der Waals surface area contributed by atoms with Crippen LogP contribution in [0.2, 0.25) is 0 Å². The van der Waals surface area contributed by atoms with Crippen LogP contribution in [-0.4, -0.2) is 28.2 Å². The molecule has 2 heterocycles. The quantitative estimate of drug-likeness (QED) is 0.691. The summed E-state index contributed by atoms with van der Waals surface area (Å²) in [6.07, 6.45) is -2.73. The molecular weight excluding hydrogens is 399 g/mol. The van der Waals surface area contributed by atoms with Gasteiger partial charge < -0.3 is 15.5 Å². The highest BCUT2D eigenvalue weighted by molar-refractivity contribution is 7.80. The Morgan fingerprint density at radius 1 is 1.17 bits per heavy atom. The van der Waals surface area contributed by atoms with Gasteiger partial charge in [0.2, 0.25) is 5.95 Å². The van der Waals surface area contributed by atoms with Crippen LogP contribution in [0.4, 0.5) is 24.9 Å². The minimum Gasteiger partial charge on any atom is -0.356 e. The molecule has 156 valence electrons. The van der Waals surface area contributed by atoms with Crippen molar-refractivity contribution in [3.63, 3.8) is 0 Å². The van der Waals surface area contributed by atoms with E-state index in [4.69, 9.17) is 12.2 Å². The molecule has 0 aliphatic carbocycles. The van der Waals surface area contributed by atoms with Gasteiger partial charge in [0, 0.05) is 19.2 Å². The summed E-state index contributed by atoms with van der Waals surface area (Å²) in [7, 11) is 0. The number of halogens is 3. The van der Waals surface area contributed by atoms with Gasteiger partial charge in [-0.15, -0.1) is 0 Å². The lowest BCUT2D eigenvalue weighted by Gasteiger charge is -2.31. The summed E-state index contributed by atoms with van der Waals surface area (Å²) < 4.78 is 40.1. The Morgan fingerprint density at radius 2 is 1.83 bits per heavy atom. The van der Waals surface area contributed by atoms with Gasteiger partial charge in [0.15, 0.2) is 10.8 Å². The number of thiocarbonyl (C=S) groups is 1. The topological polar surface area (TPSA) is 53.1 Å². The first-order valence-corrected chi connectivity index (χ1v) is 9.97. The van der Waals surface area contributed by atoms with E-state index < -0.39 is 11.9 Å². The van der Waals surface area contributed by atoms with Crippen molar-refractivity contribution in [2.24, 2.45) is 5.92 Å². The maximum absolute atomic E-state index is 13.4. The molecule has 5 nitrogen and oxygen atoms in total. The molecule has 1 saturated heterocycles. The molecule has 2 aromatic rings. The average molecular weight is 424 g/mol. The molecule has 29 heavy (non-hydrogen) atoms. The smallest absolute Gasteiger partial charge is 0.356 e. The van der Waals surface area contributed by atoms with E-state index in [1.165, 1.54) is 0 Å². The summed E-state index contributed by atoms with van der Waals surface area (Å²) >= 11 is 5.27. The highest BCUT2D eigenvalue weighted by Gasteiger charge is 2.34. The second kappa shape index (κ2) is 8.94. The lowest BCUT2D eigenvalue weighted by molar-refractivity contribution is -0.141. The highest BCUT2D eigenvalue weighted by Crippen LogP contribution is 2.31. The third-order valence-corrected chi connectivity index (χ3v) is 5.20. The van der Waals surface area contributed by atoms with Crippen LogP contribution in [-0.2, 0) is 6.18 Å². The van der Waals surface area contributed by atoms with Gasteiger partial charge in [-0.3, -0.25) is 0 Å². The molecule has 1 fully saturated rings. The van der Waals surface area contributed by atoms with Crippen LogP contribution in [0.15, 0.2) is 36.4 Å². The first-order valence-electron chi connectivity index (χ1n) is 9.56. The molecule has 1 atom stereocenters. The molecule has 0 amide bonds. The zero-order chi connectivity index (χ0) is 21.0. The maximum Gasteiger partial charge on any atom is 0.433 e. The molecule has 9 heteroatoms. The summed E-state index contributed by atoms with van der Waals surface area (Å²) in [5.74, 6) is 0.663. The minimum atomic E-state index is -4.57. The minimum absolute atomic E-state index is 0.120. The van der Waals surface area contributed by atoms with E-state index in [2.05, 4.69) is 27.5 Å². The van der Waals surface area contributed by atoms with Crippen molar-refractivity contribution >= 4 is 29.1 Å². The van der Waals surface area contributed by atoms with E-state index in [1.54, 1.807) is 0 Å². The van der Waals surface area contributed by atoms with Crippen LogP contribution in [0.1, 0.15) is 44.0 Å². The Kier molecular flexibility index (Phi) is 6.56. The van der Waals surface area contributed by atoms with Gasteiger partial charge in [-0.2, -0.15) is 18.2 Å². The SMILES string of the molecule is CC1CCN(c2cc(C(F)(F)F)nc(NC(=S)N[C@H](C)c3ccccc3)n2)CC1. The van der Waals surface area contributed by atoms with Crippen molar-refractivity contribution in [3.8, 4) is 0 Å². The van der Waals surface area contributed by atoms with Gasteiger partial charge in [0.25, 0.3) is 0 Å². The van der Waals surface area contributed by atoms with Crippen molar-refractivity contribution < 1.29 is 13.2 Å². The monoisotopic (exact) mass is 423 g/mol. The van der Waals surface area contributed by atoms with Gasteiger partial charge in [-0.05, 0) is 43.5 Å². The number of aromatic nitrogens is 2. The summed E-state index contributed by atoms with van der Waals surface area (Å²) in [6.45, 7) is 5.39. The van der Waals surface area contributed by atoms with Crippen LogP contribution in [0.25, 0.3) is 0 Å². The van der Waals surface area contributed by atoms with Gasteiger partial charge in [-0.25, -0.2) is 4.98 Å². The number of hydrogen-bond donors (Lipinski definition) is 2. The molecule has 0 spiro atoms. The van der Waals surface area contributed by atoms with Crippen LogP contribution >= 0.6 is 12.2 Å². The van der Waals surface area contributed by atoms with Crippen molar-refractivity contribution in [3.05, 3.63) is 47.7 Å². The molecule has 0 bridgehead atoms. The van der Waals surface area contributed by atoms with Gasteiger partial charge in [0.1, 0.15) is 5.82 Å². The van der Waals surface area contributed by atoms with Crippen LogP contribution in [0.3, 0.4) is 0 Å². The second-order valence-electron chi connectivity index (χ2n) is 7.33. The first-order chi connectivity index (χ1) is 13.7. The normalized spacial score (nSPS) is 16.4. The van der Waals surface area contributed by atoms with E-state index in [0.29, 0.717) is 19.0 Å². The lowest BCUT2D eigenvalue weighted by Crippen LogP contribution is -2.35. The molecule has 0 saturated carbocycles. The third kappa shape index (κ3) is 5.79. The summed E-state index contributed by atoms with van der Waals surface area (Å²) in [5.41, 5.74) is 0.0206. The van der Waals surface area contributed by atoms with Crippen molar-refractivity contribution in [2.75, 3.05) is 23.3 Å². The molecule has 1 aliphatic heterocycles. The van der Waals surface area contributed by atoms with Crippen LogP contribution in [0, 0.1) is 5.92 Å². The Morgan fingerprint density at radius 3 is 2.45 bits per heavy atom. The van der Waals surface area contributed by atoms with Crippen molar-refractivity contribution in [1.29, 1.82) is 0 Å². The lowest BCUT2D eigenvalue weighted by atomic mass is 9.99. The summed E-state index contributed by atoms with van der Waals surface area (Å²) in [4.78, 5) is 9.79. The van der Waals surface area contributed by atoms with E-state index >= 15 is 0 Å². The first kappa shape index (κ1) is 21.3. The molecule has 1 aliphatic rings. The number of nitrogens with one attached hydrogen (secondary N) is 2. The molecule has 1 aromatic carbocycles. The zero-order valence-electron chi connectivity index (χ0n) is 16.3. The van der Waals surface area contributed by atoms with E-state index in [9.17, 15) is 13.2 Å². The Labute approximate surface area is 173 Å². The highest BCUT2D eigenvalue weighted by atomic mass is 32.1. The molecule has 0 radical (unpaired) electrons. The van der Waals surface area contributed by atoms with Gasteiger partial charge >= 0.3 is 6.18 Å². The molecule has 0 unspecified atom stereocenters. The predicted molar refractivity (Wildman–Crippen MR) is 112 cm³/mol. The Balaban J connectivity index is 1.76. The zero-order valence-corrected chi connectivity index (χ0v) is 17.1. The van der Waals surface area contributed by atoms with Gasteiger partial charge in [-0.1, -0.05) is 37.3 Å². The Bertz CT molecular complexity index is 836. The third-order valence-electron chi connectivity index (χ3n) is 4.98. The number of anilines is 2. The van der Waals surface area contributed by atoms with E-state index in [-0.39, 0.29) is 22.9 Å². The fourth-order valence-corrected chi connectivity index (χ4v) is 3.46. The standard InChI is InChI=1S/C20H24F3N5S/c1-13-8-10-28(11-9-13)17-12-16(20(21,22)23)25-18(26-17)27-19(29)24-14(2)15-6-4-3-5-7-15/h3-7,12-14H,8-11H2,1-2H3,(H2,24,25,26,27,29)/t14-/m1/s1. The van der Waals surface area contributed by atoms with E-state index in [0.717, 1.165) is 24.5 Å². The van der Waals surface area contributed by atoms with Crippen LogP contribution < -0.4 is 15.5 Å².